The normalized spacial score (nSPS) is 14.3. The van der Waals surface area contributed by atoms with Crippen molar-refractivity contribution in [1.82, 2.24) is 14.8 Å². The second-order valence-corrected chi connectivity index (χ2v) is 5.43. The maximum Gasteiger partial charge on any atom is 0.343 e. The van der Waals surface area contributed by atoms with E-state index in [4.69, 9.17) is 5.73 Å². The van der Waals surface area contributed by atoms with E-state index >= 15 is 0 Å². The Morgan fingerprint density at radius 1 is 1.42 bits per heavy atom. The Kier molecular flexibility index (Phi) is 4.06. The van der Waals surface area contributed by atoms with Gasteiger partial charge in [0.05, 0.1) is 5.25 Å². The van der Waals surface area contributed by atoms with Gasteiger partial charge in [0.2, 0.25) is 0 Å². The Morgan fingerprint density at radius 2 is 2.05 bits per heavy atom. The van der Waals surface area contributed by atoms with Crippen molar-refractivity contribution in [3.63, 3.8) is 0 Å². The average molecular weight is 282 g/mol. The van der Waals surface area contributed by atoms with Gasteiger partial charge in [-0.2, -0.15) is 0 Å². The van der Waals surface area contributed by atoms with Crippen LogP contribution in [0.15, 0.2) is 34.2 Å². The second kappa shape index (κ2) is 5.58. The largest absolute Gasteiger partial charge is 0.343 e. The van der Waals surface area contributed by atoms with Crippen molar-refractivity contribution in [3.8, 4) is 0 Å². The fourth-order valence-electron chi connectivity index (χ4n) is 1.68. The molecule has 0 saturated heterocycles. The van der Waals surface area contributed by atoms with Crippen molar-refractivity contribution < 1.29 is 4.39 Å². The number of rotatable bonds is 4. The molecular formula is C12H15FN4OS. The van der Waals surface area contributed by atoms with Crippen molar-refractivity contribution in [1.29, 1.82) is 0 Å². The van der Waals surface area contributed by atoms with E-state index in [1.54, 1.807) is 19.2 Å². The molecule has 5 nitrogen and oxygen atoms in total. The summed E-state index contributed by atoms with van der Waals surface area (Å²) in [5.41, 5.74) is 6.60. The fourth-order valence-corrected chi connectivity index (χ4v) is 2.76. The molecule has 0 spiro atoms. The minimum atomic E-state index is -0.288. The minimum absolute atomic E-state index is 0.102. The van der Waals surface area contributed by atoms with E-state index < -0.39 is 0 Å². The molecule has 1 aromatic heterocycles. The highest BCUT2D eigenvalue weighted by atomic mass is 32.2. The number of aromatic amines is 1. The van der Waals surface area contributed by atoms with Crippen molar-refractivity contribution in [2.75, 3.05) is 0 Å². The Morgan fingerprint density at radius 3 is 2.53 bits per heavy atom. The molecule has 0 bridgehead atoms. The number of H-pyrrole nitrogens is 1. The van der Waals surface area contributed by atoms with Crippen molar-refractivity contribution >= 4 is 11.8 Å². The summed E-state index contributed by atoms with van der Waals surface area (Å²) in [4.78, 5) is 11.3. The van der Waals surface area contributed by atoms with Gasteiger partial charge in [0, 0.05) is 13.1 Å². The first-order chi connectivity index (χ1) is 8.99. The van der Waals surface area contributed by atoms with Crippen LogP contribution in [-0.4, -0.2) is 20.8 Å². The summed E-state index contributed by atoms with van der Waals surface area (Å²) >= 11 is 1.38. The first-order valence-electron chi connectivity index (χ1n) is 5.78. The van der Waals surface area contributed by atoms with Crippen LogP contribution in [0.4, 0.5) is 4.39 Å². The molecule has 0 amide bonds. The molecule has 0 fully saturated rings. The quantitative estimate of drug-likeness (QED) is 0.832. The lowest BCUT2D eigenvalue weighted by Gasteiger charge is -2.19. The van der Waals surface area contributed by atoms with Crippen LogP contribution >= 0.6 is 11.8 Å². The van der Waals surface area contributed by atoms with E-state index in [2.05, 4.69) is 10.2 Å². The molecule has 0 aliphatic heterocycles. The summed E-state index contributed by atoms with van der Waals surface area (Å²) in [5, 5.41) is 6.77. The van der Waals surface area contributed by atoms with Crippen LogP contribution in [0.5, 0.6) is 0 Å². The lowest BCUT2D eigenvalue weighted by atomic mass is 10.1. The zero-order valence-corrected chi connectivity index (χ0v) is 11.4. The SMILES string of the molecule is CC(N)C(Sc1n[nH]c(=O)n1C)c1ccc(F)cc1. The van der Waals surface area contributed by atoms with Gasteiger partial charge in [-0.15, -0.1) is 5.10 Å². The van der Waals surface area contributed by atoms with E-state index in [0.29, 0.717) is 5.16 Å². The molecule has 19 heavy (non-hydrogen) atoms. The molecule has 2 atom stereocenters. The highest BCUT2D eigenvalue weighted by molar-refractivity contribution is 7.99. The van der Waals surface area contributed by atoms with Crippen LogP contribution < -0.4 is 11.4 Å². The van der Waals surface area contributed by atoms with Gasteiger partial charge in [-0.25, -0.2) is 14.3 Å². The Labute approximate surface area is 114 Å². The smallest absolute Gasteiger partial charge is 0.327 e. The lowest BCUT2D eigenvalue weighted by molar-refractivity contribution is 0.625. The topological polar surface area (TPSA) is 76.7 Å². The number of nitrogens with one attached hydrogen (secondary N) is 1. The molecule has 3 N–H and O–H groups in total. The van der Waals surface area contributed by atoms with Gasteiger partial charge in [-0.1, -0.05) is 23.9 Å². The monoisotopic (exact) mass is 282 g/mol. The predicted octanol–water partition coefficient (Wildman–Crippen LogP) is 1.43. The number of nitrogens with two attached hydrogens (primary N) is 1. The number of nitrogens with zero attached hydrogens (tertiary/aromatic N) is 2. The third kappa shape index (κ3) is 3.05. The zero-order chi connectivity index (χ0) is 14.0. The zero-order valence-electron chi connectivity index (χ0n) is 10.6. The van der Waals surface area contributed by atoms with Crippen LogP contribution in [-0.2, 0) is 7.05 Å². The van der Waals surface area contributed by atoms with E-state index in [9.17, 15) is 9.18 Å². The Balaban J connectivity index is 2.29. The molecule has 2 rings (SSSR count). The first-order valence-corrected chi connectivity index (χ1v) is 6.66. The lowest BCUT2D eigenvalue weighted by Crippen LogP contribution is -2.23. The molecule has 0 aliphatic rings. The molecule has 0 radical (unpaired) electrons. The molecule has 2 aromatic rings. The number of benzene rings is 1. The summed E-state index contributed by atoms with van der Waals surface area (Å²) in [6.45, 7) is 1.87. The summed E-state index contributed by atoms with van der Waals surface area (Å²) in [6, 6.07) is 6.02. The standard InChI is InChI=1S/C12H15FN4OS/c1-7(14)10(8-3-5-9(13)6-4-8)19-12-16-15-11(18)17(12)2/h3-7,10H,14H2,1-2H3,(H,15,18). The predicted molar refractivity (Wildman–Crippen MR) is 72.5 cm³/mol. The van der Waals surface area contributed by atoms with E-state index in [1.165, 1.54) is 28.5 Å². The van der Waals surface area contributed by atoms with Crippen LogP contribution in [0.3, 0.4) is 0 Å². The van der Waals surface area contributed by atoms with E-state index in [-0.39, 0.29) is 22.8 Å². The van der Waals surface area contributed by atoms with Crippen LogP contribution in [0.2, 0.25) is 0 Å². The van der Waals surface area contributed by atoms with Crippen LogP contribution in [0.1, 0.15) is 17.7 Å². The molecule has 7 heteroatoms. The van der Waals surface area contributed by atoms with Crippen LogP contribution in [0, 0.1) is 5.82 Å². The Hall–Kier alpha value is -1.60. The van der Waals surface area contributed by atoms with Crippen molar-refractivity contribution in [2.45, 2.75) is 23.4 Å². The summed E-state index contributed by atoms with van der Waals surface area (Å²) in [6.07, 6.45) is 0. The number of thioether (sulfide) groups is 1. The number of hydrogen-bond acceptors (Lipinski definition) is 4. The molecule has 2 unspecified atom stereocenters. The highest BCUT2D eigenvalue weighted by Gasteiger charge is 2.20. The first kappa shape index (κ1) is 13.8. The molecule has 0 saturated carbocycles. The molecule has 0 aliphatic carbocycles. The van der Waals surface area contributed by atoms with Gasteiger partial charge in [-0.3, -0.25) is 4.57 Å². The second-order valence-electron chi connectivity index (χ2n) is 4.32. The van der Waals surface area contributed by atoms with Gasteiger partial charge in [0.25, 0.3) is 0 Å². The third-order valence-electron chi connectivity index (χ3n) is 2.75. The molecule has 102 valence electrons. The number of halogens is 1. The van der Waals surface area contributed by atoms with Crippen molar-refractivity contribution in [3.05, 3.63) is 46.1 Å². The maximum absolute atomic E-state index is 12.9. The summed E-state index contributed by atoms with van der Waals surface area (Å²) in [7, 11) is 1.64. The molecule has 1 aromatic carbocycles. The van der Waals surface area contributed by atoms with E-state index in [1.807, 2.05) is 6.92 Å². The number of aromatic nitrogens is 3. The minimum Gasteiger partial charge on any atom is -0.327 e. The molecular weight excluding hydrogens is 267 g/mol. The number of hydrogen-bond donors (Lipinski definition) is 2. The average Bonchev–Trinajstić information content (AvgIpc) is 2.68. The van der Waals surface area contributed by atoms with Crippen molar-refractivity contribution in [2.24, 2.45) is 12.8 Å². The van der Waals surface area contributed by atoms with Gasteiger partial charge >= 0.3 is 5.69 Å². The summed E-state index contributed by atoms with van der Waals surface area (Å²) < 4.78 is 14.4. The maximum atomic E-state index is 12.9. The summed E-state index contributed by atoms with van der Waals surface area (Å²) in [5.74, 6) is -0.288. The fraction of sp³-hybridized carbons (Fsp3) is 0.333. The Bertz CT molecular complexity index is 605. The van der Waals surface area contributed by atoms with Gasteiger partial charge < -0.3 is 5.73 Å². The van der Waals surface area contributed by atoms with Gasteiger partial charge in [0.1, 0.15) is 5.82 Å². The molecule has 1 heterocycles. The van der Waals surface area contributed by atoms with E-state index in [0.717, 1.165) is 5.56 Å². The highest BCUT2D eigenvalue weighted by Crippen LogP contribution is 2.35. The van der Waals surface area contributed by atoms with Gasteiger partial charge in [0.15, 0.2) is 5.16 Å². The third-order valence-corrected chi connectivity index (χ3v) is 4.28. The van der Waals surface area contributed by atoms with Crippen LogP contribution in [0.25, 0.3) is 0 Å². The van der Waals surface area contributed by atoms with Gasteiger partial charge in [-0.05, 0) is 24.6 Å².